The summed E-state index contributed by atoms with van der Waals surface area (Å²) in [5.74, 6) is 0. The van der Waals surface area contributed by atoms with Crippen molar-refractivity contribution in [3.05, 3.63) is 236 Å². The standard InChI is InChI=1S/C60H36F3N5/c1-64-44-20-12-19-42(33-44)57-55(67-51-25-10-8-21-47(51)49-34-40(27-29-53(49)67)45-23-13-31-65-58(45)38-15-4-2-5-16-38)36-43(60(61,62)63)37-56(57)68-52-26-11-9-22-48(52)50-35-41(28-30-54(50)68)46-24-14-32-66-59(46)39-17-6-3-7-18-39/h2-37H. The molecule has 0 saturated carbocycles. The fourth-order valence-corrected chi connectivity index (χ4v) is 9.88. The van der Waals surface area contributed by atoms with Crippen molar-refractivity contribution in [3.63, 3.8) is 0 Å². The van der Waals surface area contributed by atoms with Crippen LogP contribution in [0.5, 0.6) is 0 Å². The molecule has 0 saturated heterocycles. The molecule has 12 rings (SSSR count). The number of halogens is 3. The molecule has 322 valence electrons. The van der Waals surface area contributed by atoms with E-state index in [2.05, 4.69) is 17.0 Å². The number of pyridine rings is 2. The van der Waals surface area contributed by atoms with Gasteiger partial charge in [-0.2, -0.15) is 13.2 Å². The van der Waals surface area contributed by atoms with Crippen molar-refractivity contribution in [1.82, 2.24) is 19.1 Å². The Morgan fingerprint density at radius 3 is 1.34 bits per heavy atom. The van der Waals surface area contributed by atoms with E-state index in [1.165, 1.54) is 12.1 Å². The summed E-state index contributed by atoms with van der Waals surface area (Å²) in [6.45, 7) is 8.02. The Balaban J connectivity index is 1.16. The molecule has 12 aromatic rings. The summed E-state index contributed by atoms with van der Waals surface area (Å²) in [6.07, 6.45) is -1.16. The molecule has 4 heterocycles. The maximum absolute atomic E-state index is 15.7. The van der Waals surface area contributed by atoms with Gasteiger partial charge in [-0.1, -0.05) is 140 Å². The van der Waals surface area contributed by atoms with Crippen molar-refractivity contribution >= 4 is 49.3 Å². The van der Waals surface area contributed by atoms with Gasteiger partial charge in [0.05, 0.1) is 57.0 Å². The van der Waals surface area contributed by atoms with Crippen LogP contribution in [0.4, 0.5) is 18.9 Å². The summed E-state index contributed by atoms with van der Waals surface area (Å²) >= 11 is 0. The second-order valence-electron chi connectivity index (χ2n) is 16.7. The molecule has 0 radical (unpaired) electrons. The van der Waals surface area contributed by atoms with Gasteiger partial charge >= 0.3 is 6.18 Å². The molecule has 0 aliphatic heterocycles. The zero-order valence-electron chi connectivity index (χ0n) is 36.2. The predicted molar refractivity (Wildman–Crippen MR) is 269 cm³/mol. The van der Waals surface area contributed by atoms with Gasteiger partial charge in [0.15, 0.2) is 5.69 Å². The average Bonchev–Trinajstić information content (AvgIpc) is 3.90. The molecule has 0 spiro atoms. The van der Waals surface area contributed by atoms with Crippen molar-refractivity contribution in [2.45, 2.75) is 6.18 Å². The van der Waals surface area contributed by atoms with Crippen LogP contribution in [-0.2, 0) is 6.18 Å². The van der Waals surface area contributed by atoms with Crippen LogP contribution in [0.3, 0.4) is 0 Å². The van der Waals surface area contributed by atoms with Gasteiger partial charge in [-0.25, -0.2) is 4.85 Å². The highest BCUT2D eigenvalue weighted by molar-refractivity contribution is 6.13. The molecule has 0 amide bonds. The summed E-state index contributed by atoms with van der Waals surface area (Å²) < 4.78 is 51.0. The Bertz CT molecular complexity index is 3750. The minimum absolute atomic E-state index is 0.327. The Hall–Kier alpha value is -9.06. The summed E-state index contributed by atoms with van der Waals surface area (Å²) in [5.41, 5.74) is 11.6. The third-order valence-electron chi connectivity index (χ3n) is 12.8. The van der Waals surface area contributed by atoms with Crippen LogP contribution < -0.4 is 0 Å². The molecule has 4 aromatic heterocycles. The third kappa shape index (κ3) is 6.71. The lowest BCUT2D eigenvalue weighted by molar-refractivity contribution is -0.137. The summed E-state index contributed by atoms with van der Waals surface area (Å²) in [6, 6.07) is 65.6. The second-order valence-corrected chi connectivity index (χ2v) is 16.7. The van der Waals surface area contributed by atoms with Crippen molar-refractivity contribution < 1.29 is 13.2 Å². The van der Waals surface area contributed by atoms with Gasteiger partial charge in [-0.3, -0.25) is 9.97 Å². The van der Waals surface area contributed by atoms with Gasteiger partial charge in [-0.15, -0.1) is 0 Å². The molecule has 68 heavy (non-hydrogen) atoms. The number of fused-ring (bicyclic) bond motifs is 6. The third-order valence-corrected chi connectivity index (χ3v) is 12.8. The van der Waals surface area contributed by atoms with Gasteiger partial charge in [0.25, 0.3) is 0 Å². The first kappa shape index (κ1) is 40.4. The smallest absolute Gasteiger partial charge is 0.309 e. The Morgan fingerprint density at radius 2 is 0.853 bits per heavy atom. The molecule has 0 aliphatic carbocycles. The molecule has 0 atom stereocenters. The van der Waals surface area contributed by atoms with Crippen LogP contribution in [0, 0.1) is 6.57 Å². The molecule has 0 aliphatic rings. The molecular formula is C60H36F3N5. The number of para-hydroxylation sites is 2. The summed E-state index contributed by atoms with van der Waals surface area (Å²) in [4.78, 5) is 13.4. The first-order valence-electron chi connectivity index (χ1n) is 22.2. The SMILES string of the molecule is [C-]#[N+]c1cccc(-c2c(-n3c4ccccc4c4cc(-c5cccnc5-c5ccccc5)ccc43)cc(C(F)(F)F)cc2-n2c3ccccc3c3cc(-c4cccnc4-c4ccccc4)ccc32)c1. The zero-order valence-corrected chi connectivity index (χ0v) is 36.2. The highest BCUT2D eigenvalue weighted by Crippen LogP contribution is 2.47. The van der Waals surface area contributed by atoms with Gasteiger partial charge in [0.1, 0.15) is 0 Å². The highest BCUT2D eigenvalue weighted by Gasteiger charge is 2.34. The lowest BCUT2D eigenvalue weighted by atomic mass is 9.96. The Labute approximate surface area is 389 Å². The van der Waals surface area contributed by atoms with Gasteiger partial charge in [-0.05, 0) is 83.4 Å². The fourth-order valence-electron chi connectivity index (χ4n) is 9.88. The number of alkyl halides is 3. The van der Waals surface area contributed by atoms with Crippen molar-refractivity contribution in [3.8, 4) is 67.3 Å². The molecule has 8 aromatic carbocycles. The van der Waals surface area contributed by atoms with E-state index in [1.54, 1.807) is 30.6 Å². The molecular weight excluding hydrogens is 848 g/mol. The van der Waals surface area contributed by atoms with E-state index in [4.69, 9.17) is 16.5 Å². The van der Waals surface area contributed by atoms with E-state index in [1.807, 2.05) is 173 Å². The van der Waals surface area contributed by atoms with E-state index in [0.29, 0.717) is 28.2 Å². The lowest BCUT2D eigenvalue weighted by Gasteiger charge is -2.23. The predicted octanol–water partition coefficient (Wildman–Crippen LogP) is 16.6. The van der Waals surface area contributed by atoms with E-state index in [9.17, 15) is 0 Å². The van der Waals surface area contributed by atoms with E-state index >= 15 is 13.2 Å². The highest BCUT2D eigenvalue weighted by atomic mass is 19.4. The average molecular weight is 884 g/mol. The zero-order chi connectivity index (χ0) is 45.9. The first-order valence-corrected chi connectivity index (χ1v) is 22.2. The molecule has 0 fully saturated rings. The largest absolute Gasteiger partial charge is 0.416 e. The lowest BCUT2D eigenvalue weighted by Crippen LogP contribution is -2.11. The van der Waals surface area contributed by atoms with Gasteiger partial charge < -0.3 is 9.13 Å². The van der Waals surface area contributed by atoms with E-state index in [0.717, 1.165) is 88.4 Å². The number of hydrogen-bond acceptors (Lipinski definition) is 2. The van der Waals surface area contributed by atoms with Crippen molar-refractivity contribution in [1.29, 1.82) is 0 Å². The van der Waals surface area contributed by atoms with Crippen LogP contribution in [0.25, 0.3) is 116 Å². The van der Waals surface area contributed by atoms with Crippen molar-refractivity contribution in [2.75, 3.05) is 0 Å². The second kappa shape index (κ2) is 16.1. The van der Waals surface area contributed by atoms with E-state index in [-0.39, 0.29) is 0 Å². The first-order chi connectivity index (χ1) is 33.3. The summed E-state index contributed by atoms with van der Waals surface area (Å²) in [7, 11) is 0. The van der Waals surface area contributed by atoms with Crippen LogP contribution in [0.1, 0.15) is 5.56 Å². The Morgan fingerprint density at radius 1 is 0.397 bits per heavy atom. The minimum Gasteiger partial charge on any atom is -0.309 e. The van der Waals surface area contributed by atoms with Gasteiger partial charge in [0.2, 0.25) is 0 Å². The van der Waals surface area contributed by atoms with Crippen LogP contribution >= 0.6 is 0 Å². The van der Waals surface area contributed by atoms with Crippen LogP contribution in [0.15, 0.2) is 219 Å². The molecule has 0 N–H and O–H groups in total. The van der Waals surface area contributed by atoms with Crippen LogP contribution in [0.2, 0.25) is 0 Å². The normalized spacial score (nSPS) is 11.7. The molecule has 5 nitrogen and oxygen atoms in total. The quantitative estimate of drug-likeness (QED) is 0.150. The number of nitrogens with zero attached hydrogens (tertiary/aromatic N) is 5. The van der Waals surface area contributed by atoms with E-state index < -0.39 is 11.7 Å². The minimum atomic E-state index is -4.72. The topological polar surface area (TPSA) is 40.0 Å². The maximum atomic E-state index is 15.7. The van der Waals surface area contributed by atoms with Gasteiger partial charge in [0, 0.05) is 61.8 Å². The molecule has 0 bridgehead atoms. The number of benzene rings is 8. The monoisotopic (exact) mass is 883 g/mol. The summed E-state index contributed by atoms with van der Waals surface area (Å²) in [5, 5.41) is 3.50. The molecule has 8 heteroatoms. The Kier molecular flexibility index (Phi) is 9.59. The maximum Gasteiger partial charge on any atom is 0.416 e. The van der Waals surface area contributed by atoms with Crippen molar-refractivity contribution in [2.24, 2.45) is 0 Å². The number of hydrogen-bond donors (Lipinski definition) is 0. The number of aromatic nitrogens is 4. The molecule has 0 unspecified atom stereocenters. The fraction of sp³-hybridized carbons (Fsp3) is 0.0167. The number of rotatable bonds is 7. The van der Waals surface area contributed by atoms with Crippen LogP contribution in [-0.4, -0.2) is 19.1 Å².